The molecular weight excluding hydrogens is 318 g/mol. The number of halogens is 1. The predicted molar refractivity (Wildman–Crippen MR) is 84.8 cm³/mol. The van der Waals surface area contributed by atoms with Gasteiger partial charge in [-0.3, -0.25) is 9.69 Å². The van der Waals surface area contributed by atoms with E-state index in [9.17, 15) is 4.79 Å². The Morgan fingerprint density at radius 1 is 1.22 bits per heavy atom. The van der Waals surface area contributed by atoms with Crippen LogP contribution < -0.4 is 5.73 Å². The summed E-state index contributed by atoms with van der Waals surface area (Å²) in [7, 11) is 0. The summed E-state index contributed by atoms with van der Waals surface area (Å²) in [5.41, 5.74) is 6.11. The second kappa shape index (κ2) is 7.08. The molecule has 0 unspecified atom stereocenters. The number of carbonyl (C=O) groups is 1. The van der Waals surface area contributed by atoms with Gasteiger partial charge in [0, 0.05) is 36.8 Å². The lowest BCUT2D eigenvalue weighted by atomic mass is 10.2. The molecule has 3 rings (SSSR count). The Hall–Kier alpha value is -1.96. The van der Waals surface area contributed by atoms with Gasteiger partial charge in [-0.15, -0.1) is 0 Å². The van der Waals surface area contributed by atoms with Crippen LogP contribution in [0.1, 0.15) is 22.1 Å². The van der Waals surface area contributed by atoms with E-state index in [1.54, 1.807) is 24.3 Å². The molecular formula is C15H18ClN5O2. The summed E-state index contributed by atoms with van der Waals surface area (Å²) in [6, 6.07) is 6.97. The third-order valence-electron chi connectivity index (χ3n) is 3.80. The summed E-state index contributed by atoms with van der Waals surface area (Å²) in [6.07, 6.45) is 0. The lowest BCUT2D eigenvalue weighted by Crippen LogP contribution is -2.48. The van der Waals surface area contributed by atoms with Gasteiger partial charge in [0.15, 0.2) is 5.82 Å². The topological polar surface area (TPSA) is 88.5 Å². The Morgan fingerprint density at radius 2 is 1.91 bits per heavy atom. The number of hydrogen-bond donors (Lipinski definition) is 1. The van der Waals surface area contributed by atoms with E-state index in [2.05, 4.69) is 15.0 Å². The van der Waals surface area contributed by atoms with E-state index in [4.69, 9.17) is 21.9 Å². The molecule has 7 nitrogen and oxygen atoms in total. The standard InChI is InChI=1S/C15H18ClN5O2/c16-12-3-1-11(2-4-12)15(22)21-7-5-20(6-8-21)10-13-18-14(9-17)23-19-13/h1-4H,5-10,17H2. The monoisotopic (exact) mass is 335 g/mol. The smallest absolute Gasteiger partial charge is 0.253 e. The van der Waals surface area contributed by atoms with Gasteiger partial charge in [-0.05, 0) is 24.3 Å². The SMILES string of the molecule is NCc1nc(CN2CCN(C(=O)c3ccc(Cl)cc3)CC2)no1. The van der Waals surface area contributed by atoms with Crippen LogP contribution in [0, 0.1) is 0 Å². The molecule has 2 aromatic rings. The van der Waals surface area contributed by atoms with Crippen LogP contribution in [-0.4, -0.2) is 52.0 Å². The average molecular weight is 336 g/mol. The van der Waals surface area contributed by atoms with Crippen molar-refractivity contribution in [2.24, 2.45) is 5.73 Å². The van der Waals surface area contributed by atoms with Crippen LogP contribution >= 0.6 is 11.6 Å². The molecule has 1 saturated heterocycles. The number of nitrogens with zero attached hydrogens (tertiary/aromatic N) is 4. The molecule has 0 saturated carbocycles. The van der Waals surface area contributed by atoms with Crippen molar-refractivity contribution in [2.45, 2.75) is 13.1 Å². The van der Waals surface area contributed by atoms with E-state index in [1.165, 1.54) is 0 Å². The molecule has 1 aliphatic rings. The minimum absolute atomic E-state index is 0.0336. The van der Waals surface area contributed by atoms with Gasteiger partial charge >= 0.3 is 0 Å². The number of amides is 1. The lowest BCUT2D eigenvalue weighted by molar-refractivity contribution is 0.0624. The summed E-state index contributed by atoms with van der Waals surface area (Å²) in [5, 5.41) is 4.52. The van der Waals surface area contributed by atoms with Crippen LogP contribution in [0.3, 0.4) is 0 Å². The Balaban J connectivity index is 1.53. The van der Waals surface area contributed by atoms with E-state index < -0.39 is 0 Å². The number of rotatable bonds is 4. The highest BCUT2D eigenvalue weighted by atomic mass is 35.5. The third kappa shape index (κ3) is 3.87. The molecule has 0 atom stereocenters. The predicted octanol–water partition coefficient (Wildman–Crippen LogP) is 1.14. The number of aromatic nitrogens is 2. The Morgan fingerprint density at radius 3 is 2.52 bits per heavy atom. The number of benzene rings is 1. The molecule has 0 bridgehead atoms. The first-order valence-corrected chi connectivity index (χ1v) is 7.82. The molecule has 1 aromatic heterocycles. The second-order valence-corrected chi connectivity index (χ2v) is 5.82. The van der Waals surface area contributed by atoms with Crippen molar-refractivity contribution in [3.8, 4) is 0 Å². The molecule has 1 fully saturated rings. The molecule has 1 aromatic carbocycles. The molecule has 122 valence electrons. The fourth-order valence-electron chi connectivity index (χ4n) is 2.52. The Bertz CT molecular complexity index is 665. The number of piperazine rings is 1. The summed E-state index contributed by atoms with van der Waals surface area (Å²) >= 11 is 5.85. The van der Waals surface area contributed by atoms with Crippen molar-refractivity contribution in [3.63, 3.8) is 0 Å². The van der Waals surface area contributed by atoms with Gasteiger partial charge < -0.3 is 15.2 Å². The van der Waals surface area contributed by atoms with Gasteiger partial charge in [-0.1, -0.05) is 16.8 Å². The van der Waals surface area contributed by atoms with Crippen molar-refractivity contribution in [1.29, 1.82) is 0 Å². The van der Waals surface area contributed by atoms with Crippen molar-refractivity contribution in [1.82, 2.24) is 19.9 Å². The van der Waals surface area contributed by atoms with E-state index >= 15 is 0 Å². The van der Waals surface area contributed by atoms with Crippen LogP contribution in [-0.2, 0) is 13.1 Å². The second-order valence-electron chi connectivity index (χ2n) is 5.38. The van der Waals surface area contributed by atoms with E-state index in [0.717, 1.165) is 13.1 Å². The summed E-state index contributed by atoms with van der Waals surface area (Å²) in [6.45, 7) is 3.73. The molecule has 23 heavy (non-hydrogen) atoms. The number of hydrogen-bond acceptors (Lipinski definition) is 6. The molecule has 2 heterocycles. The highest BCUT2D eigenvalue weighted by molar-refractivity contribution is 6.30. The van der Waals surface area contributed by atoms with Crippen molar-refractivity contribution < 1.29 is 9.32 Å². The zero-order chi connectivity index (χ0) is 16.2. The highest BCUT2D eigenvalue weighted by Crippen LogP contribution is 2.14. The largest absolute Gasteiger partial charge is 0.338 e. The van der Waals surface area contributed by atoms with Crippen LogP contribution in [0.4, 0.5) is 0 Å². The lowest BCUT2D eigenvalue weighted by Gasteiger charge is -2.34. The number of carbonyl (C=O) groups excluding carboxylic acids is 1. The molecule has 0 spiro atoms. The minimum atomic E-state index is 0.0336. The fraction of sp³-hybridized carbons (Fsp3) is 0.400. The number of nitrogens with two attached hydrogens (primary N) is 1. The molecule has 0 aliphatic carbocycles. The van der Waals surface area contributed by atoms with E-state index in [-0.39, 0.29) is 12.5 Å². The first-order valence-electron chi connectivity index (χ1n) is 7.44. The Labute approximate surface area is 139 Å². The van der Waals surface area contributed by atoms with Crippen molar-refractivity contribution in [3.05, 3.63) is 46.6 Å². The molecule has 1 amide bonds. The van der Waals surface area contributed by atoms with Crippen LogP contribution in [0.15, 0.2) is 28.8 Å². The van der Waals surface area contributed by atoms with Gasteiger partial charge in [0.25, 0.3) is 5.91 Å². The van der Waals surface area contributed by atoms with Gasteiger partial charge in [-0.2, -0.15) is 4.98 Å². The third-order valence-corrected chi connectivity index (χ3v) is 4.05. The Kier molecular flexibility index (Phi) is 4.90. The fourth-order valence-corrected chi connectivity index (χ4v) is 2.65. The van der Waals surface area contributed by atoms with Crippen molar-refractivity contribution >= 4 is 17.5 Å². The van der Waals surface area contributed by atoms with E-state index in [0.29, 0.717) is 41.9 Å². The summed E-state index contributed by atoms with van der Waals surface area (Å²) < 4.78 is 4.99. The molecule has 0 radical (unpaired) electrons. The van der Waals surface area contributed by atoms with Crippen LogP contribution in [0.2, 0.25) is 5.02 Å². The van der Waals surface area contributed by atoms with Gasteiger partial charge in [0.1, 0.15) is 0 Å². The first kappa shape index (κ1) is 15.9. The quantitative estimate of drug-likeness (QED) is 0.901. The summed E-state index contributed by atoms with van der Waals surface area (Å²) in [5.74, 6) is 1.10. The average Bonchev–Trinajstić information content (AvgIpc) is 3.03. The van der Waals surface area contributed by atoms with Gasteiger partial charge in [0.2, 0.25) is 5.89 Å². The summed E-state index contributed by atoms with van der Waals surface area (Å²) in [4.78, 5) is 20.7. The van der Waals surface area contributed by atoms with Crippen LogP contribution in [0.25, 0.3) is 0 Å². The maximum Gasteiger partial charge on any atom is 0.253 e. The van der Waals surface area contributed by atoms with E-state index in [1.807, 2.05) is 4.90 Å². The minimum Gasteiger partial charge on any atom is -0.338 e. The zero-order valence-electron chi connectivity index (χ0n) is 12.6. The maximum absolute atomic E-state index is 12.4. The maximum atomic E-state index is 12.4. The first-order chi connectivity index (χ1) is 11.2. The van der Waals surface area contributed by atoms with Gasteiger partial charge in [-0.25, -0.2) is 0 Å². The van der Waals surface area contributed by atoms with Crippen LogP contribution in [0.5, 0.6) is 0 Å². The molecule has 2 N–H and O–H groups in total. The van der Waals surface area contributed by atoms with Gasteiger partial charge in [0.05, 0.1) is 13.1 Å². The molecule has 1 aliphatic heterocycles. The zero-order valence-corrected chi connectivity index (χ0v) is 13.4. The molecule has 8 heteroatoms. The highest BCUT2D eigenvalue weighted by Gasteiger charge is 2.23. The van der Waals surface area contributed by atoms with Crippen molar-refractivity contribution in [2.75, 3.05) is 26.2 Å². The normalized spacial score (nSPS) is 15.8.